The van der Waals surface area contributed by atoms with E-state index in [1.807, 2.05) is 0 Å². The number of hydrogen-bond acceptors (Lipinski definition) is 5. The Balaban J connectivity index is 1.77. The predicted octanol–water partition coefficient (Wildman–Crippen LogP) is 3.30. The lowest BCUT2D eigenvalue weighted by Crippen LogP contribution is -2.47. The molecule has 0 saturated carbocycles. The van der Waals surface area contributed by atoms with E-state index in [4.69, 9.17) is 15.3 Å². The molecule has 0 amide bonds. The van der Waals surface area contributed by atoms with Gasteiger partial charge in [-0.3, -0.25) is 11.3 Å². The van der Waals surface area contributed by atoms with Crippen LogP contribution in [-0.4, -0.2) is 25.4 Å². The summed E-state index contributed by atoms with van der Waals surface area (Å²) in [6, 6.07) is 2.45. The summed E-state index contributed by atoms with van der Waals surface area (Å²) in [6.45, 7) is 4.59. The highest BCUT2D eigenvalue weighted by Gasteiger charge is 2.41. The van der Waals surface area contributed by atoms with Crippen molar-refractivity contribution in [2.75, 3.05) is 19.8 Å². The molecule has 3 N–H and O–H groups in total. The van der Waals surface area contributed by atoms with Crippen LogP contribution in [-0.2, 0) is 9.47 Å². The summed E-state index contributed by atoms with van der Waals surface area (Å²) < 4.78 is 12.8. The third kappa shape index (κ3) is 3.35. The molecule has 1 spiro atoms. The van der Waals surface area contributed by atoms with E-state index in [0.29, 0.717) is 5.92 Å². The molecule has 1 aromatic heterocycles. The lowest BCUT2D eigenvalue weighted by molar-refractivity contribution is -0.150. The lowest BCUT2D eigenvalue weighted by atomic mass is 9.77. The van der Waals surface area contributed by atoms with E-state index >= 15 is 0 Å². The Labute approximate surface area is 138 Å². The van der Waals surface area contributed by atoms with Crippen LogP contribution in [0.4, 0.5) is 0 Å². The van der Waals surface area contributed by atoms with Crippen molar-refractivity contribution in [2.45, 2.75) is 44.2 Å². The molecule has 3 heterocycles. The first-order valence-corrected chi connectivity index (χ1v) is 9.18. The molecule has 2 atom stereocenters. The monoisotopic (exact) mass is 374 g/mol. The zero-order chi connectivity index (χ0) is 14.9. The summed E-state index contributed by atoms with van der Waals surface area (Å²) in [4.78, 5) is 1.32. The standard InChI is InChI=1S/C15H23BrN2O2S/c1-10-8-12(21-14(10)16)13(18-17)11-2-5-20-15(9-11)3-6-19-7-4-15/h8,11,13,18H,2-7,9,17H2,1H3. The second kappa shape index (κ2) is 6.64. The Kier molecular flexibility index (Phi) is 5.03. The molecule has 6 heteroatoms. The molecular weight excluding hydrogens is 352 g/mol. The first-order valence-electron chi connectivity index (χ1n) is 7.57. The van der Waals surface area contributed by atoms with Crippen LogP contribution in [0.15, 0.2) is 9.85 Å². The van der Waals surface area contributed by atoms with E-state index < -0.39 is 0 Å². The normalized spacial score (nSPS) is 26.9. The highest BCUT2D eigenvalue weighted by atomic mass is 79.9. The van der Waals surface area contributed by atoms with Crippen LogP contribution in [0.5, 0.6) is 0 Å². The van der Waals surface area contributed by atoms with Gasteiger partial charge in [-0.2, -0.15) is 0 Å². The van der Waals surface area contributed by atoms with Gasteiger partial charge in [0.2, 0.25) is 0 Å². The number of nitrogens with one attached hydrogen (secondary N) is 1. The van der Waals surface area contributed by atoms with Gasteiger partial charge in [0.05, 0.1) is 15.4 Å². The number of halogens is 1. The predicted molar refractivity (Wildman–Crippen MR) is 88.3 cm³/mol. The fourth-order valence-electron chi connectivity index (χ4n) is 3.53. The minimum absolute atomic E-state index is 0.0137. The second-order valence-electron chi connectivity index (χ2n) is 6.15. The van der Waals surface area contributed by atoms with Crippen LogP contribution < -0.4 is 11.3 Å². The SMILES string of the molecule is Cc1cc(C(NN)C2CCOC3(CCOCC3)C2)sc1Br. The molecule has 118 valence electrons. The summed E-state index contributed by atoms with van der Waals surface area (Å²) in [5.74, 6) is 6.41. The lowest BCUT2D eigenvalue weighted by Gasteiger charge is -2.45. The number of hydrazine groups is 1. The first-order chi connectivity index (χ1) is 10.1. The van der Waals surface area contributed by atoms with Gasteiger partial charge in [-0.05, 0) is 66.1 Å². The van der Waals surface area contributed by atoms with Crippen LogP contribution in [0.3, 0.4) is 0 Å². The maximum Gasteiger partial charge on any atom is 0.0731 e. The van der Waals surface area contributed by atoms with Gasteiger partial charge in [0, 0.05) is 24.7 Å². The first kappa shape index (κ1) is 15.9. The molecule has 2 saturated heterocycles. The minimum Gasteiger partial charge on any atom is -0.381 e. The molecule has 1 aromatic rings. The molecule has 2 unspecified atom stereocenters. The van der Waals surface area contributed by atoms with Crippen molar-refractivity contribution < 1.29 is 9.47 Å². The molecule has 2 aliphatic heterocycles. The van der Waals surface area contributed by atoms with E-state index in [-0.39, 0.29) is 11.6 Å². The van der Waals surface area contributed by atoms with Gasteiger partial charge >= 0.3 is 0 Å². The summed E-state index contributed by atoms with van der Waals surface area (Å²) in [5.41, 5.74) is 4.35. The van der Waals surface area contributed by atoms with Crippen LogP contribution >= 0.6 is 27.3 Å². The van der Waals surface area contributed by atoms with Crippen molar-refractivity contribution in [1.82, 2.24) is 5.43 Å². The maximum absolute atomic E-state index is 6.14. The minimum atomic E-state index is 0.0137. The third-order valence-electron chi connectivity index (χ3n) is 4.77. The maximum atomic E-state index is 6.14. The molecule has 3 rings (SSSR count). The summed E-state index contributed by atoms with van der Waals surface area (Å²) >= 11 is 5.40. The summed E-state index contributed by atoms with van der Waals surface area (Å²) in [6.07, 6.45) is 4.15. The largest absolute Gasteiger partial charge is 0.381 e. The van der Waals surface area contributed by atoms with E-state index in [1.54, 1.807) is 11.3 Å². The Bertz CT molecular complexity index is 463. The Morgan fingerprint density at radius 3 is 2.81 bits per heavy atom. The van der Waals surface area contributed by atoms with Gasteiger partial charge in [-0.1, -0.05) is 0 Å². The smallest absolute Gasteiger partial charge is 0.0731 e. The number of aryl methyl sites for hydroxylation is 1. The van der Waals surface area contributed by atoms with E-state index in [0.717, 1.165) is 45.5 Å². The van der Waals surface area contributed by atoms with E-state index in [2.05, 4.69) is 34.3 Å². The highest BCUT2D eigenvalue weighted by molar-refractivity contribution is 9.11. The van der Waals surface area contributed by atoms with Crippen molar-refractivity contribution in [1.29, 1.82) is 0 Å². The third-order valence-corrected chi connectivity index (χ3v) is 6.99. The van der Waals surface area contributed by atoms with E-state index in [9.17, 15) is 0 Å². The fraction of sp³-hybridized carbons (Fsp3) is 0.733. The van der Waals surface area contributed by atoms with Crippen molar-refractivity contribution in [3.8, 4) is 0 Å². The van der Waals surface area contributed by atoms with Crippen molar-refractivity contribution >= 4 is 27.3 Å². The molecule has 0 aliphatic carbocycles. The zero-order valence-corrected chi connectivity index (χ0v) is 14.8. The number of hydrogen-bond donors (Lipinski definition) is 2. The molecule has 0 aromatic carbocycles. The molecule has 21 heavy (non-hydrogen) atoms. The zero-order valence-electron chi connectivity index (χ0n) is 12.4. The van der Waals surface area contributed by atoms with Crippen LogP contribution in [0, 0.1) is 12.8 Å². The van der Waals surface area contributed by atoms with Crippen LogP contribution in [0.25, 0.3) is 0 Å². The molecule has 0 radical (unpaired) electrons. The summed E-state index contributed by atoms with van der Waals surface area (Å²) in [7, 11) is 0. The Morgan fingerprint density at radius 1 is 1.43 bits per heavy atom. The highest BCUT2D eigenvalue weighted by Crippen LogP contribution is 2.43. The van der Waals surface area contributed by atoms with Gasteiger partial charge in [0.1, 0.15) is 0 Å². The fourth-order valence-corrected chi connectivity index (χ4v) is 5.25. The molecule has 2 fully saturated rings. The Morgan fingerprint density at radius 2 is 2.19 bits per heavy atom. The number of rotatable bonds is 3. The molecule has 2 aliphatic rings. The molecular formula is C15H23BrN2O2S. The average molecular weight is 375 g/mol. The van der Waals surface area contributed by atoms with Gasteiger partial charge in [0.25, 0.3) is 0 Å². The molecule has 0 bridgehead atoms. The van der Waals surface area contributed by atoms with Crippen LogP contribution in [0.2, 0.25) is 0 Å². The Hall–Kier alpha value is 0.0200. The number of ether oxygens (including phenoxy) is 2. The van der Waals surface area contributed by atoms with Gasteiger partial charge in [-0.25, -0.2) is 0 Å². The quantitative estimate of drug-likeness (QED) is 0.629. The second-order valence-corrected chi connectivity index (χ2v) is 8.55. The average Bonchev–Trinajstić information content (AvgIpc) is 2.80. The molecule has 4 nitrogen and oxygen atoms in total. The van der Waals surface area contributed by atoms with Gasteiger partial charge in [0.15, 0.2) is 0 Å². The topological polar surface area (TPSA) is 56.5 Å². The number of thiophene rings is 1. The van der Waals surface area contributed by atoms with Crippen molar-refractivity contribution in [3.63, 3.8) is 0 Å². The number of nitrogens with two attached hydrogens (primary N) is 1. The van der Waals surface area contributed by atoms with E-state index in [1.165, 1.54) is 14.2 Å². The van der Waals surface area contributed by atoms with Crippen molar-refractivity contribution in [3.05, 3.63) is 20.3 Å². The van der Waals surface area contributed by atoms with Crippen LogP contribution in [0.1, 0.15) is 42.2 Å². The summed E-state index contributed by atoms with van der Waals surface area (Å²) in [5, 5.41) is 0. The van der Waals surface area contributed by atoms with Gasteiger partial charge in [-0.15, -0.1) is 11.3 Å². The van der Waals surface area contributed by atoms with Crippen molar-refractivity contribution in [2.24, 2.45) is 11.8 Å². The van der Waals surface area contributed by atoms with Gasteiger partial charge < -0.3 is 9.47 Å².